The third-order valence-corrected chi connectivity index (χ3v) is 3.73. The van der Waals surface area contributed by atoms with Crippen LogP contribution in [0.1, 0.15) is 30.5 Å². The van der Waals surface area contributed by atoms with Gasteiger partial charge in [0.1, 0.15) is 0 Å². The van der Waals surface area contributed by atoms with E-state index in [0.717, 1.165) is 5.56 Å². The Morgan fingerprint density at radius 2 is 1.76 bits per heavy atom. The highest BCUT2D eigenvalue weighted by atomic mass is 16.1. The molecule has 21 heavy (non-hydrogen) atoms. The molecule has 0 aliphatic rings. The van der Waals surface area contributed by atoms with Crippen LogP contribution in [0.2, 0.25) is 0 Å². The molecule has 0 heterocycles. The van der Waals surface area contributed by atoms with Crippen molar-refractivity contribution in [2.45, 2.75) is 32.6 Å². The van der Waals surface area contributed by atoms with Crippen LogP contribution in [0.4, 0.5) is 0 Å². The van der Waals surface area contributed by atoms with Crippen LogP contribution in [-0.4, -0.2) is 12.5 Å². The molecule has 0 bridgehead atoms. The summed E-state index contributed by atoms with van der Waals surface area (Å²) in [5.74, 6) is 0.0737. The first kappa shape index (κ1) is 15.3. The van der Waals surface area contributed by atoms with Crippen molar-refractivity contribution >= 4 is 5.91 Å². The minimum Gasteiger partial charge on any atom is -0.355 e. The van der Waals surface area contributed by atoms with Crippen LogP contribution in [0.5, 0.6) is 0 Å². The Balaban J connectivity index is 1.92. The molecule has 2 rings (SSSR count). The predicted molar refractivity (Wildman–Crippen MR) is 87.4 cm³/mol. The van der Waals surface area contributed by atoms with Crippen molar-refractivity contribution in [3.8, 4) is 0 Å². The highest BCUT2D eigenvalue weighted by Crippen LogP contribution is 2.21. The first-order chi connectivity index (χ1) is 9.97. The molecule has 0 radical (unpaired) electrons. The molecule has 0 aliphatic carbocycles. The Morgan fingerprint density at radius 1 is 1.05 bits per heavy atom. The first-order valence-electron chi connectivity index (χ1n) is 7.35. The zero-order chi connectivity index (χ0) is 15.3. The highest BCUT2D eigenvalue weighted by Gasteiger charge is 2.20. The summed E-state index contributed by atoms with van der Waals surface area (Å²) in [6, 6.07) is 18.4. The molecule has 0 aliphatic heterocycles. The Hall–Kier alpha value is -2.09. The van der Waals surface area contributed by atoms with Crippen LogP contribution < -0.4 is 5.32 Å². The molecule has 1 amide bonds. The zero-order valence-corrected chi connectivity index (χ0v) is 13.0. The summed E-state index contributed by atoms with van der Waals surface area (Å²) in [4.78, 5) is 12.1. The maximum absolute atomic E-state index is 12.1. The topological polar surface area (TPSA) is 29.1 Å². The molecular formula is C19H23NO. The molecular weight excluding hydrogens is 258 g/mol. The lowest BCUT2D eigenvalue weighted by Gasteiger charge is -2.25. The molecule has 2 aromatic carbocycles. The lowest BCUT2D eigenvalue weighted by molar-refractivity contribution is -0.120. The number of hydrogen-bond donors (Lipinski definition) is 1. The van der Waals surface area contributed by atoms with Crippen molar-refractivity contribution < 1.29 is 4.79 Å². The van der Waals surface area contributed by atoms with E-state index in [0.29, 0.717) is 13.0 Å². The van der Waals surface area contributed by atoms with Gasteiger partial charge >= 0.3 is 0 Å². The number of rotatable bonds is 5. The van der Waals surface area contributed by atoms with Crippen molar-refractivity contribution in [2.24, 2.45) is 0 Å². The third-order valence-electron chi connectivity index (χ3n) is 3.73. The largest absolute Gasteiger partial charge is 0.355 e. The van der Waals surface area contributed by atoms with Gasteiger partial charge in [-0.15, -0.1) is 0 Å². The van der Waals surface area contributed by atoms with Crippen molar-refractivity contribution in [2.75, 3.05) is 6.54 Å². The highest BCUT2D eigenvalue weighted by molar-refractivity contribution is 5.78. The lowest BCUT2D eigenvalue weighted by atomic mass is 9.84. The number of amides is 1. The SMILES string of the molecule is Cc1cccc(CC(=O)NCC(C)(C)c2ccccc2)c1. The van der Waals surface area contributed by atoms with Gasteiger partial charge in [0.05, 0.1) is 6.42 Å². The molecule has 2 aromatic rings. The maximum Gasteiger partial charge on any atom is 0.224 e. The van der Waals surface area contributed by atoms with Gasteiger partial charge in [0.25, 0.3) is 0 Å². The lowest BCUT2D eigenvalue weighted by Crippen LogP contribution is -2.37. The Labute approximate surface area is 127 Å². The summed E-state index contributed by atoms with van der Waals surface area (Å²) in [6.45, 7) is 6.98. The minimum atomic E-state index is -0.0659. The van der Waals surface area contributed by atoms with Gasteiger partial charge in [0, 0.05) is 12.0 Å². The average molecular weight is 281 g/mol. The Morgan fingerprint density at radius 3 is 2.43 bits per heavy atom. The minimum absolute atomic E-state index is 0.0659. The van der Waals surface area contributed by atoms with Crippen LogP contribution in [-0.2, 0) is 16.6 Å². The molecule has 110 valence electrons. The summed E-state index contributed by atoms with van der Waals surface area (Å²) < 4.78 is 0. The van der Waals surface area contributed by atoms with E-state index in [1.54, 1.807) is 0 Å². The number of carbonyl (C=O) groups excluding carboxylic acids is 1. The molecule has 0 atom stereocenters. The average Bonchev–Trinajstić information content (AvgIpc) is 2.46. The second kappa shape index (κ2) is 6.57. The standard InChI is InChI=1S/C19H23NO/c1-15-8-7-9-16(12-15)13-18(21)20-14-19(2,3)17-10-5-4-6-11-17/h4-12H,13-14H2,1-3H3,(H,20,21). The maximum atomic E-state index is 12.1. The van der Waals surface area contributed by atoms with Gasteiger partial charge < -0.3 is 5.32 Å². The number of nitrogens with one attached hydrogen (secondary N) is 1. The third kappa shape index (κ3) is 4.45. The summed E-state index contributed by atoms with van der Waals surface area (Å²) in [6.07, 6.45) is 0.437. The fourth-order valence-electron chi connectivity index (χ4n) is 2.38. The molecule has 0 aromatic heterocycles. The van der Waals surface area contributed by atoms with E-state index >= 15 is 0 Å². The van der Waals surface area contributed by atoms with Gasteiger partial charge in [-0.2, -0.15) is 0 Å². The van der Waals surface area contributed by atoms with Gasteiger partial charge in [-0.05, 0) is 18.1 Å². The summed E-state index contributed by atoms with van der Waals surface area (Å²) in [5, 5.41) is 3.05. The zero-order valence-electron chi connectivity index (χ0n) is 13.0. The first-order valence-corrected chi connectivity index (χ1v) is 7.35. The van der Waals surface area contributed by atoms with E-state index in [4.69, 9.17) is 0 Å². The molecule has 0 saturated carbocycles. The Kier molecular flexibility index (Phi) is 4.79. The normalized spacial score (nSPS) is 11.2. The summed E-state index contributed by atoms with van der Waals surface area (Å²) >= 11 is 0. The molecule has 2 nitrogen and oxygen atoms in total. The molecule has 0 spiro atoms. The number of aryl methyl sites for hydroxylation is 1. The number of carbonyl (C=O) groups is 1. The van der Waals surface area contributed by atoms with Gasteiger partial charge in [-0.1, -0.05) is 74.0 Å². The van der Waals surface area contributed by atoms with E-state index in [1.165, 1.54) is 11.1 Å². The fraction of sp³-hybridized carbons (Fsp3) is 0.316. The van der Waals surface area contributed by atoms with E-state index in [2.05, 4.69) is 37.4 Å². The quantitative estimate of drug-likeness (QED) is 0.891. The van der Waals surface area contributed by atoms with Crippen molar-refractivity contribution in [1.29, 1.82) is 0 Å². The second-order valence-corrected chi connectivity index (χ2v) is 6.19. The van der Waals surface area contributed by atoms with Gasteiger partial charge in [0.15, 0.2) is 0 Å². The molecule has 0 saturated heterocycles. The summed E-state index contributed by atoms with van der Waals surface area (Å²) in [7, 11) is 0. The van der Waals surface area contributed by atoms with E-state index in [1.807, 2.05) is 43.3 Å². The van der Waals surface area contributed by atoms with Crippen LogP contribution in [0.3, 0.4) is 0 Å². The second-order valence-electron chi connectivity index (χ2n) is 6.19. The summed E-state index contributed by atoms with van der Waals surface area (Å²) in [5.41, 5.74) is 3.42. The van der Waals surface area contributed by atoms with E-state index in [9.17, 15) is 4.79 Å². The smallest absolute Gasteiger partial charge is 0.224 e. The molecule has 0 fully saturated rings. The van der Waals surface area contributed by atoms with E-state index in [-0.39, 0.29) is 11.3 Å². The van der Waals surface area contributed by atoms with Gasteiger partial charge in [0.2, 0.25) is 5.91 Å². The number of benzene rings is 2. The fourth-order valence-corrected chi connectivity index (χ4v) is 2.38. The van der Waals surface area contributed by atoms with E-state index < -0.39 is 0 Å². The van der Waals surface area contributed by atoms with Crippen molar-refractivity contribution in [3.05, 3.63) is 71.3 Å². The van der Waals surface area contributed by atoms with Gasteiger partial charge in [-0.25, -0.2) is 0 Å². The molecule has 1 N–H and O–H groups in total. The van der Waals surface area contributed by atoms with Crippen LogP contribution >= 0.6 is 0 Å². The molecule has 2 heteroatoms. The van der Waals surface area contributed by atoms with Crippen molar-refractivity contribution in [3.63, 3.8) is 0 Å². The predicted octanol–water partition coefficient (Wildman–Crippen LogP) is 3.63. The monoisotopic (exact) mass is 281 g/mol. The van der Waals surface area contributed by atoms with Crippen LogP contribution in [0.15, 0.2) is 54.6 Å². The van der Waals surface area contributed by atoms with Crippen molar-refractivity contribution in [1.82, 2.24) is 5.32 Å². The van der Waals surface area contributed by atoms with Gasteiger partial charge in [-0.3, -0.25) is 4.79 Å². The van der Waals surface area contributed by atoms with Crippen LogP contribution in [0, 0.1) is 6.92 Å². The van der Waals surface area contributed by atoms with Crippen LogP contribution in [0.25, 0.3) is 0 Å². The molecule has 0 unspecified atom stereocenters. The Bertz CT molecular complexity index is 602. The number of hydrogen-bond acceptors (Lipinski definition) is 1.